The molecule has 2 heteroatoms. The van der Waals surface area contributed by atoms with Gasteiger partial charge >= 0.3 is 0 Å². The number of aliphatic hydroxyl groups is 1. The van der Waals surface area contributed by atoms with Crippen molar-refractivity contribution in [3.8, 4) is 6.07 Å². The molecule has 0 spiro atoms. The fourth-order valence-corrected chi connectivity index (χ4v) is 0.686. The molecule has 10 heavy (non-hydrogen) atoms. The van der Waals surface area contributed by atoms with Gasteiger partial charge in [0.15, 0.2) is 0 Å². The molecule has 0 aromatic heterocycles. The number of rotatable bonds is 5. The highest BCUT2D eigenvalue weighted by molar-refractivity contribution is 4.74. The summed E-state index contributed by atoms with van der Waals surface area (Å²) >= 11 is 0. The highest BCUT2D eigenvalue weighted by atomic mass is 16.3. The molecule has 0 aliphatic carbocycles. The molecular weight excluding hydrogens is 126 g/mol. The van der Waals surface area contributed by atoms with E-state index in [2.05, 4.69) is 6.58 Å². The van der Waals surface area contributed by atoms with Crippen LogP contribution in [0.25, 0.3) is 0 Å². The van der Waals surface area contributed by atoms with Crippen LogP contribution in [0.5, 0.6) is 0 Å². The molecular formula is C8H13NO. The lowest BCUT2D eigenvalue weighted by Crippen LogP contribution is -2.04. The Balaban J connectivity index is 3.17. The Labute approximate surface area is 61.8 Å². The Morgan fingerprint density at radius 1 is 1.60 bits per heavy atom. The van der Waals surface area contributed by atoms with E-state index in [0.717, 1.165) is 12.8 Å². The molecule has 1 unspecified atom stereocenters. The first kappa shape index (κ1) is 9.19. The topological polar surface area (TPSA) is 44.0 Å². The SMILES string of the molecule is C=CCCC(O)CCC#N. The van der Waals surface area contributed by atoms with E-state index in [0.29, 0.717) is 12.8 Å². The maximum atomic E-state index is 9.11. The predicted molar refractivity (Wildman–Crippen MR) is 40.3 cm³/mol. The Morgan fingerprint density at radius 2 is 2.30 bits per heavy atom. The number of nitriles is 1. The summed E-state index contributed by atoms with van der Waals surface area (Å²) in [5.74, 6) is 0. The van der Waals surface area contributed by atoms with Crippen LogP contribution < -0.4 is 0 Å². The van der Waals surface area contributed by atoms with Gasteiger partial charge in [0.25, 0.3) is 0 Å². The van der Waals surface area contributed by atoms with Gasteiger partial charge in [0, 0.05) is 6.42 Å². The van der Waals surface area contributed by atoms with Crippen molar-refractivity contribution in [2.24, 2.45) is 0 Å². The van der Waals surface area contributed by atoms with Crippen LogP contribution in [0.4, 0.5) is 0 Å². The lowest BCUT2D eigenvalue weighted by atomic mass is 10.1. The summed E-state index contributed by atoms with van der Waals surface area (Å²) in [5.41, 5.74) is 0. The van der Waals surface area contributed by atoms with Crippen molar-refractivity contribution in [3.05, 3.63) is 12.7 Å². The molecule has 0 amide bonds. The number of aliphatic hydroxyl groups excluding tert-OH is 1. The third-order valence-electron chi connectivity index (χ3n) is 1.29. The molecule has 0 bridgehead atoms. The summed E-state index contributed by atoms with van der Waals surface area (Å²) < 4.78 is 0. The lowest BCUT2D eigenvalue weighted by molar-refractivity contribution is 0.157. The van der Waals surface area contributed by atoms with Crippen molar-refractivity contribution in [2.75, 3.05) is 0 Å². The second-order valence-electron chi connectivity index (χ2n) is 2.22. The molecule has 56 valence electrons. The number of allylic oxidation sites excluding steroid dienone is 1. The first-order chi connectivity index (χ1) is 4.81. The van der Waals surface area contributed by atoms with Crippen LogP contribution in [-0.2, 0) is 0 Å². The zero-order chi connectivity index (χ0) is 7.82. The highest BCUT2D eigenvalue weighted by Crippen LogP contribution is 2.03. The molecule has 1 atom stereocenters. The number of hydrogen-bond acceptors (Lipinski definition) is 2. The van der Waals surface area contributed by atoms with Gasteiger partial charge in [-0.2, -0.15) is 5.26 Å². The second kappa shape index (κ2) is 6.31. The Kier molecular flexibility index (Phi) is 5.80. The fraction of sp³-hybridized carbons (Fsp3) is 0.625. The zero-order valence-corrected chi connectivity index (χ0v) is 6.08. The van der Waals surface area contributed by atoms with Crippen LogP contribution in [0.1, 0.15) is 25.7 Å². The van der Waals surface area contributed by atoms with Crippen molar-refractivity contribution >= 4 is 0 Å². The van der Waals surface area contributed by atoms with Crippen molar-refractivity contribution in [1.82, 2.24) is 0 Å². The predicted octanol–water partition coefficient (Wildman–Crippen LogP) is 1.62. The van der Waals surface area contributed by atoms with E-state index in [9.17, 15) is 0 Å². The Bertz CT molecular complexity index is 126. The molecule has 0 radical (unpaired) electrons. The van der Waals surface area contributed by atoms with E-state index < -0.39 is 0 Å². The minimum atomic E-state index is -0.322. The van der Waals surface area contributed by atoms with Gasteiger partial charge in [-0.1, -0.05) is 6.08 Å². The molecule has 0 aromatic rings. The standard InChI is InChI=1S/C8H13NO/c1-2-3-5-8(10)6-4-7-9/h2,8,10H,1,3-6H2. The third-order valence-corrected chi connectivity index (χ3v) is 1.29. The summed E-state index contributed by atoms with van der Waals surface area (Å²) in [4.78, 5) is 0. The minimum Gasteiger partial charge on any atom is -0.393 e. The van der Waals surface area contributed by atoms with E-state index >= 15 is 0 Å². The quantitative estimate of drug-likeness (QED) is 0.588. The van der Waals surface area contributed by atoms with Gasteiger partial charge in [0.05, 0.1) is 12.2 Å². The van der Waals surface area contributed by atoms with Crippen molar-refractivity contribution in [3.63, 3.8) is 0 Å². The van der Waals surface area contributed by atoms with Crippen LogP contribution in [-0.4, -0.2) is 11.2 Å². The summed E-state index contributed by atoms with van der Waals surface area (Å²) in [6.45, 7) is 3.54. The number of nitrogens with zero attached hydrogens (tertiary/aromatic N) is 1. The average Bonchev–Trinajstić information content (AvgIpc) is 1.97. The first-order valence-electron chi connectivity index (χ1n) is 3.47. The summed E-state index contributed by atoms with van der Waals surface area (Å²) in [6, 6.07) is 1.99. The minimum absolute atomic E-state index is 0.322. The van der Waals surface area contributed by atoms with Gasteiger partial charge < -0.3 is 5.11 Å². The highest BCUT2D eigenvalue weighted by Gasteiger charge is 2.00. The Morgan fingerprint density at radius 3 is 2.80 bits per heavy atom. The monoisotopic (exact) mass is 139 g/mol. The van der Waals surface area contributed by atoms with Crippen LogP contribution >= 0.6 is 0 Å². The van der Waals surface area contributed by atoms with Gasteiger partial charge in [-0.3, -0.25) is 0 Å². The largest absolute Gasteiger partial charge is 0.393 e. The van der Waals surface area contributed by atoms with Gasteiger partial charge in [-0.05, 0) is 19.3 Å². The maximum absolute atomic E-state index is 9.11. The second-order valence-corrected chi connectivity index (χ2v) is 2.22. The number of hydrogen-bond donors (Lipinski definition) is 1. The van der Waals surface area contributed by atoms with E-state index in [1.165, 1.54) is 0 Å². The van der Waals surface area contributed by atoms with Gasteiger partial charge in [-0.15, -0.1) is 6.58 Å². The van der Waals surface area contributed by atoms with E-state index in [-0.39, 0.29) is 6.10 Å². The van der Waals surface area contributed by atoms with Crippen molar-refractivity contribution < 1.29 is 5.11 Å². The van der Waals surface area contributed by atoms with E-state index in [1.54, 1.807) is 6.08 Å². The van der Waals surface area contributed by atoms with E-state index in [1.807, 2.05) is 6.07 Å². The van der Waals surface area contributed by atoms with Crippen LogP contribution in [0.15, 0.2) is 12.7 Å². The molecule has 0 aromatic carbocycles. The van der Waals surface area contributed by atoms with Gasteiger partial charge in [0.1, 0.15) is 0 Å². The first-order valence-corrected chi connectivity index (χ1v) is 3.47. The van der Waals surface area contributed by atoms with Crippen molar-refractivity contribution in [2.45, 2.75) is 31.8 Å². The molecule has 0 heterocycles. The van der Waals surface area contributed by atoms with Crippen LogP contribution in [0.2, 0.25) is 0 Å². The van der Waals surface area contributed by atoms with Gasteiger partial charge in [-0.25, -0.2) is 0 Å². The normalized spacial score (nSPS) is 12.0. The Hall–Kier alpha value is -0.810. The molecule has 0 fully saturated rings. The maximum Gasteiger partial charge on any atom is 0.0622 e. The summed E-state index contributed by atoms with van der Waals surface area (Å²) in [5, 5.41) is 17.3. The molecule has 2 nitrogen and oxygen atoms in total. The molecule has 0 saturated carbocycles. The van der Waals surface area contributed by atoms with E-state index in [4.69, 9.17) is 10.4 Å². The zero-order valence-electron chi connectivity index (χ0n) is 6.08. The molecule has 0 saturated heterocycles. The summed E-state index contributed by atoms with van der Waals surface area (Å²) in [6.07, 6.45) is 4.04. The summed E-state index contributed by atoms with van der Waals surface area (Å²) in [7, 11) is 0. The third kappa shape index (κ3) is 5.33. The lowest BCUT2D eigenvalue weighted by Gasteiger charge is -2.04. The fourth-order valence-electron chi connectivity index (χ4n) is 0.686. The smallest absolute Gasteiger partial charge is 0.0622 e. The molecule has 0 aliphatic rings. The van der Waals surface area contributed by atoms with Gasteiger partial charge in [0.2, 0.25) is 0 Å². The van der Waals surface area contributed by atoms with Crippen molar-refractivity contribution in [1.29, 1.82) is 5.26 Å². The average molecular weight is 139 g/mol. The van der Waals surface area contributed by atoms with Crippen LogP contribution in [0.3, 0.4) is 0 Å². The molecule has 1 N–H and O–H groups in total. The van der Waals surface area contributed by atoms with Crippen LogP contribution in [0, 0.1) is 11.3 Å². The molecule has 0 aliphatic heterocycles. The molecule has 0 rings (SSSR count).